The predicted octanol–water partition coefficient (Wildman–Crippen LogP) is 6.55. The predicted molar refractivity (Wildman–Crippen MR) is 214 cm³/mol. The van der Waals surface area contributed by atoms with E-state index in [1.807, 2.05) is 13.8 Å². The molecule has 8 rings (SSSR count). The second-order valence-electron chi connectivity index (χ2n) is 18.1. The zero-order chi connectivity index (χ0) is 41.5. The average molecular weight is 820 g/mol. The maximum Gasteiger partial charge on any atom is 0.411 e. The van der Waals surface area contributed by atoms with Crippen LogP contribution in [0.25, 0.3) is 0 Å². The number of aliphatic hydroxyl groups excluding tert-OH is 1. The second kappa shape index (κ2) is 19.5. The first-order valence-corrected chi connectivity index (χ1v) is 21.7. The number of rotatable bonds is 17. The number of esters is 1. The Morgan fingerprint density at radius 3 is 2.14 bits per heavy atom. The first-order valence-electron chi connectivity index (χ1n) is 21.7. The zero-order valence-corrected chi connectivity index (χ0v) is 34.2. The van der Waals surface area contributed by atoms with Gasteiger partial charge in [-0.15, -0.1) is 0 Å². The molecule has 3 amide bonds. The van der Waals surface area contributed by atoms with E-state index >= 15 is 0 Å². The number of benzene rings is 2. The molecule has 6 aliphatic carbocycles. The van der Waals surface area contributed by atoms with Gasteiger partial charge in [0.2, 0.25) is 11.7 Å². The highest BCUT2D eigenvalue weighted by Crippen LogP contribution is 2.55. The van der Waals surface area contributed by atoms with Gasteiger partial charge in [0.1, 0.15) is 18.3 Å². The summed E-state index contributed by atoms with van der Waals surface area (Å²) in [4.78, 5) is 70.0. The molecule has 6 saturated carbocycles. The van der Waals surface area contributed by atoms with Crippen molar-refractivity contribution in [3.05, 3.63) is 65.7 Å². The lowest BCUT2D eigenvalue weighted by Crippen LogP contribution is -2.51. The fraction of sp³-hybridized carbons (Fsp3) is 0.644. The number of hydroxylamine groups is 1. The third-order valence-corrected chi connectivity index (χ3v) is 12.9. The minimum absolute atomic E-state index is 0.0206. The van der Waals surface area contributed by atoms with Crippen LogP contribution in [0.3, 0.4) is 0 Å². The number of ether oxygens (including phenoxy) is 2. The van der Waals surface area contributed by atoms with Gasteiger partial charge in [-0.2, -0.15) is 0 Å². The summed E-state index contributed by atoms with van der Waals surface area (Å²) < 4.78 is 11.4. The van der Waals surface area contributed by atoms with Gasteiger partial charge >= 0.3 is 12.1 Å². The lowest BCUT2D eigenvalue weighted by Gasteiger charge is -2.53. The minimum atomic E-state index is -1.77. The van der Waals surface area contributed by atoms with Gasteiger partial charge in [0.15, 0.2) is 6.04 Å². The van der Waals surface area contributed by atoms with Crippen molar-refractivity contribution in [1.82, 2.24) is 10.8 Å². The Bertz CT molecular complexity index is 1710. The topological polar surface area (TPSA) is 191 Å². The van der Waals surface area contributed by atoms with Gasteiger partial charge in [-0.1, -0.05) is 56.3 Å². The molecule has 0 aliphatic heterocycles. The number of hydrogen-bond donors (Lipinski definition) is 5. The van der Waals surface area contributed by atoms with Crippen LogP contribution in [0.15, 0.2) is 54.6 Å². The smallest absolute Gasteiger partial charge is 0.411 e. The van der Waals surface area contributed by atoms with Crippen molar-refractivity contribution in [1.29, 1.82) is 0 Å². The summed E-state index contributed by atoms with van der Waals surface area (Å²) in [6.07, 6.45) is 8.32. The molecule has 2 aromatic carbocycles. The summed E-state index contributed by atoms with van der Waals surface area (Å²) in [5.41, 5.74) is 3.90. The van der Waals surface area contributed by atoms with E-state index in [0.717, 1.165) is 37.5 Å². The molecule has 1 unspecified atom stereocenters. The van der Waals surface area contributed by atoms with E-state index in [2.05, 4.69) is 16.1 Å². The van der Waals surface area contributed by atoms with E-state index in [1.165, 1.54) is 32.1 Å². The van der Waals surface area contributed by atoms with Gasteiger partial charge in [-0.3, -0.25) is 19.7 Å². The van der Waals surface area contributed by atoms with Crippen molar-refractivity contribution in [3.63, 3.8) is 0 Å². The first-order chi connectivity index (χ1) is 28.4. The van der Waals surface area contributed by atoms with E-state index < -0.39 is 53.8 Å². The summed E-state index contributed by atoms with van der Waals surface area (Å²) >= 11 is 0. The summed E-state index contributed by atoms with van der Waals surface area (Å²) in [5.74, 6) is -2.29. The molecule has 5 atom stereocenters. The second-order valence-corrected chi connectivity index (χ2v) is 18.1. The van der Waals surface area contributed by atoms with Crippen LogP contribution in [0.4, 0.5) is 10.5 Å². The summed E-state index contributed by atoms with van der Waals surface area (Å²) in [7, 11) is 0. The molecular weight excluding hydrogens is 759 g/mol. The van der Waals surface area contributed by atoms with Crippen LogP contribution in [0.1, 0.15) is 121 Å². The average Bonchev–Trinajstić information content (AvgIpc) is 3.72. The number of hydrogen-bond acceptors (Lipinski definition) is 11. The van der Waals surface area contributed by atoms with Crippen LogP contribution in [0, 0.1) is 35.5 Å². The monoisotopic (exact) mass is 819 g/mol. The Kier molecular flexibility index (Phi) is 14.2. The Balaban J connectivity index is 0.848. The van der Waals surface area contributed by atoms with Crippen LogP contribution in [0.2, 0.25) is 0 Å². The van der Waals surface area contributed by atoms with Crippen molar-refractivity contribution in [2.75, 3.05) is 5.32 Å². The molecule has 6 fully saturated rings. The summed E-state index contributed by atoms with van der Waals surface area (Å²) in [5, 5.41) is 27.8. The number of amides is 3. The molecule has 5 N–H and O–H groups in total. The van der Waals surface area contributed by atoms with E-state index in [-0.39, 0.29) is 37.6 Å². The zero-order valence-electron chi connectivity index (χ0n) is 34.2. The van der Waals surface area contributed by atoms with Gasteiger partial charge in [0.25, 0.3) is 5.91 Å². The van der Waals surface area contributed by atoms with Gasteiger partial charge in [-0.05, 0) is 130 Å². The van der Waals surface area contributed by atoms with Crippen LogP contribution in [0.5, 0.6) is 0 Å². The molecule has 0 spiro atoms. The molecule has 4 bridgehead atoms. The molecule has 0 saturated heterocycles. The van der Waals surface area contributed by atoms with Crippen molar-refractivity contribution >= 4 is 29.6 Å². The fourth-order valence-corrected chi connectivity index (χ4v) is 10.2. The highest BCUT2D eigenvalue weighted by Gasteiger charge is 2.50. The minimum Gasteiger partial charge on any atom is -0.461 e. The number of nitrogens with one attached hydrogen (secondary N) is 3. The molecule has 2 aromatic rings. The quantitative estimate of drug-likeness (QED) is 0.0503. The van der Waals surface area contributed by atoms with Crippen LogP contribution < -0.4 is 16.1 Å². The highest BCUT2D eigenvalue weighted by molar-refractivity contribution is 5.91. The molecule has 0 heterocycles. The number of carbonyl (C=O) groups excluding carboxylic acids is 4. The Morgan fingerprint density at radius 2 is 1.47 bits per heavy atom. The molecule has 14 nitrogen and oxygen atoms in total. The van der Waals surface area contributed by atoms with E-state index in [0.29, 0.717) is 47.9 Å². The van der Waals surface area contributed by atoms with Crippen molar-refractivity contribution in [2.24, 2.45) is 35.5 Å². The van der Waals surface area contributed by atoms with Gasteiger partial charge < -0.3 is 25.0 Å². The Morgan fingerprint density at radius 1 is 0.814 bits per heavy atom. The highest BCUT2D eigenvalue weighted by atomic mass is 17.2. The van der Waals surface area contributed by atoms with Gasteiger partial charge in [0.05, 0.1) is 18.6 Å². The van der Waals surface area contributed by atoms with Crippen molar-refractivity contribution in [2.45, 2.75) is 147 Å². The van der Waals surface area contributed by atoms with Gasteiger partial charge in [0, 0.05) is 18.5 Å². The molecule has 6 aliphatic rings. The van der Waals surface area contributed by atoms with Gasteiger partial charge in [-0.25, -0.2) is 24.8 Å². The summed E-state index contributed by atoms with van der Waals surface area (Å²) in [6, 6.07) is 14.3. The Labute approximate surface area is 346 Å². The lowest BCUT2D eigenvalue weighted by atomic mass is 9.55. The van der Waals surface area contributed by atoms with Crippen molar-refractivity contribution in [3.8, 4) is 0 Å². The first kappa shape index (κ1) is 43.0. The van der Waals surface area contributed by atoms with Crippen LogP contribution >= 0.6 is 0 Å². The molecular formula is C45H61N3O11. The number of carbonyl (C=O) groups is 4. The number of anilines is 1. The maximum absolute atomic E-state index is 13.7. The van der Waals surface area contributed by atoms with Crippen LogP contribution in [-0.2, 0) is 45.1 Å². The third kappa shape index (κ3) is 11.4. The molecule has 0 aromatic heterocycles. The molecule has 0 radical (unpaired) electrons. The number of aliphatic hydroxyl groups is 2. The molecule has 322 valence electrons. The van der Waals surface area contributed by atoms with Crippen molar-refractivity contribution < 1.29 is 53.5 Å². The Hall–Kier alpha value is -4.08. The van der Waals surface area contributed by atoms with E-state index in [4.69, 9.17) is 24.1 Å². The largest absolute Gasteiger partial charge is 0.461 e. The summed E-state index contributed by atoms with van der Waals surface area (Å²) in [6.45, 7) is 3.67. The van der Waals surface area contributed by atoms with E-state index in [1.54, 1.807) is 54.6 Å². The fourth-order valence-electron chi connectivity index (χ4n) is 10.2. The standard InChI is InChI=1S/C45H61N3O11/c1-27(2)19-37(41(50)47-38(31-9-4-3-5-10-31)43(52)56-35-11-6-7-12-35)39(49)42(51)48-55-26-28-14-16-34(17-15-28)46-44(53)57-36-13-8-18-45(54,25-36)59-58-40-32-21-29-20-30(23-32)24-33(40)22-29/h3-5,9-10,14-17,27,29-30,32-33,35-40,49,54H,6-8,11-13,18-26H2,1-2H3,(H,46,53)(H,47,50)(H,48,51)/t29?,30?,32?,33?,36?,37-,38+,39+,40?,45-/m1/s1. The molecule has 59 heavy (non-hydrogen) atoms. The maximum atomic E-state index is 13.7. The third-order valence-electron chi connectivity index (χ3n) is 12.9. The lowest BCUT2D eigenvalue weighted by molar-refractivity contribution is -0.461. The SMILES string of the molecule is CC(C)C[C@@H](C(=O)N[C@H](C(=O)OC1CCCC1)c1ccccc1)[C@H](O)C(=O)NOCc1ccc(NC(=O)OC2CCC[C@@](O)(OOC3C4CC5CC(C4)CC3C5)C2)cc1. The molecule has 14 heteroatoms. The van der Waals surface area contributed by atoms with Crippen LogP contribution in [-0.4, -0.2) is 64.3 Å². The normalized spacial score (nSPS) is 29.0. The van der Waals surface area contributed by atoms with E-state index in [9.17, 15) is 29.4 Å².